The molecule has 0 aliphatic carbocycles. The van der Waals surface area contributed by atoms with E-state index in [9.17, 15) is 9.59 Å². The maximum Gasteiger partial charge on any atom is 0.272 e. The molecule has 1 N–H and O–H groups in total. The number of benzene rings is 2. The summed E-state index contributed by atoms with van der Waals surface area (Å²) in [5.74, 6) is -0.254. The summed E-state index contributed by atoms with van der Waals surface area (Å²) in [4.78, 5) is 31.1. The summed E-state index contributed by atoms with van der Waals surface area (Å²) in [5, 5.41) is 8.13. The van der Waals surface area contributed by atoms with Gasteiger partial charge in [-0.2, -0.15) is 5.10 Å². The van der Waals surface area contributed by atoms with Gasteiger partial charge in [-0.25, -0.2) is 0 Å². The van der Waals surface area contributed by atoms with Crippen LogP contribution >= 0.6 is 11.6 Å². The Labute approximate surface area is 204 Å². The third-order valence-corrected chi connectivity index (χ3v) is 6.08. The summed E-state index contributed by atoms with van der Waals surface area (Å²) in [6, 6.07) is 15.2. The molecule has 2 aromatic carbocycles. The van der Waals surface area contributed by atoms with E-state index in [4.69, 9.17) is 16.7 Å². The van der Waals surface area contributed by atoms with E-state index in [1.807, 2.05) is 46.0 Å². The Morgan fingerprint density at radius 1 is 1.24 bits per heavy atom. The van der Waals surface area contributed by atoms with E-state index < -0.39 is 0 Å². The molecule has 1 aliphatic rings. The molecule has 1 unspecified atom stereocenters. The Balaban J connectivity index is 1.67. The van der Waals surface area contributed by atoms with Crippen LogP contribution in [-0.4, -0.2) is 46.3 Å². The molecule has 4 rings (SSSR count). The molecule has 0 bridgehead atoms. The molecular weight excluding hydrogens is 450 g/mol. The molecule has 1 aromatic heterocycles. The molecule has 1 atom stereocenters. The van der Waals surface area contributed by atoms with Crippen molar-refractivity contribution >= 4 is 35.3 Å². The summed E-state index contributed by atoms with van der Waals surface area (Å²) < 4.78 is 1.85. The number of hydrogen-bond donors (Lipinski definition) is 1. The molecule has 3 aromatic rings. The zero-order valence-corrected chi connectivity index (χ0v) is 20.3. The van der Waals surface area contributed by atoms with Gasteiger partial charge in [0.1, 0.15) is 5.69 Å². The van der Waals surface area contributed by atoms with Crippen molar-refractivity contribution in [2.75, 3.05) is 18.9 Å². The molecule has 7 nitrogen and oxygen atoms in total. The molecule has 176 valence electrons. The predicted molar refractivity (Wildman–Crippen MR) is 136 cm³/mol. The van der Waals surface area contributed by atoms with Crippen LogP contribution in [0.25, 0.3) is 11.3 Å². The number of aromatic nitrogens is 2. The smallest absolute Gasteiger partial charge is 0.272 e. The van der Waals surface area contributed by atoms with E-state index in [0.29, 0.717) is 35.2 Å². The van der Waals surface area contributed by atoms with Gasteiger partial charge in [0.25, 0.3) is 5.91 Å². The van der Waals surface area contributed by atoms with E-state index in [1.54, 1.807) is 25.4 Å². The standard InChI is InChI=1S/C26H28ClN5O2/c1-4-5-21-16-31(15-19-8-6-18(7-9-19)14-28-3)26(34)25-13-24(30-32(21)25)22-11-10-20(27)12-23(22)29-17(2)33/h6-14,21H,4-5,15-16H2,1-3H3,(H,29,33)/b28-14+. The second-order valence-electron chi connectivity index (χ2n) is 8.49. The molecular formula is C26H28ClN5O2. The monoisotopic (exact) mass is 477 g/mol. The number of amides is 2. The third-order valence-electron chi connectivity index (χ3n) is 5.84. The minimum atomic E-state index is -0.199. The molecule has 2 heterocycles. The third kappa shape index (κ3) is 5.04. The van der Waals surface area contributed by atoms with Crippen molar-refractivity contribution in [3.05, 3.63) is 70.4 Å². The largest absolute Gasteiger partial charge is 0.331 e. The average Bonchev–Trinajstić information content (AvgIpc) is 3.24. The Morgan fingerprint density at radius 2 is 2.00 bits per heavy atom. The van der Waals surface area contributed by atoms with Crippen molar-refractivity contribution in [2.45, 2.75) is 39.3 Å². The lowest BCUT2D eigenvalue weighted by Crippen LogP contribution is -2.42. The summed E-state index contributed by atoms with van der Waals surface area (Å²) in [7, 11) is 1.74. The van der Waals surface area contributed by atoms with Crippen molar-refractivity contribution in [2.24, 2.45) is 4.99 Å². The van der Waals surface area contributed by atoms with Crippen molar-refractivity contribution in [1.82, 2.24) is 14.7 Å². The number of aliphatic imine (C=N–C) groups is 1. The van der Waals surface area contributed by atoms with Gasteiger partial charge < -0.3 is 10.2 Å². The van der Waals surface area contributed by atoms with Gasteiger partial charge in [0.05, 0.1) is 17.4 Å². The van der Waals surface area contributed by atoms with E-state index in [-0.39, 0.29) is 17.9 Å². The van der Waals surface area contributed by atoms with Gasteiger partial charge in [0, 0.05) is 43.9 Å². The Kier molecular flexibility index (Phi) is 7.12. The van der Waals surface area contributed by atoms with Gasteiger partial charge in [-0.3, -0.25) is 19.3 Å². The number of rotatable bonds is 7. The number of fused-ring (bicyclic) bond motifs is 1. The lowest BCUT2D eigenvalue weighted by Gasteiger charge is -2.33. The van der Waals surface area contributed by atoms with Crippen LogP contribution in [0.15, 0.2) is 53.5 Å². The summed E-state index contributed by atoms with van der Waals surface area (Å²) in [5.41, 5.74) is 4.58. The average molecular weight is 478 g/mol. The highest BCUT2D eigenvalue weighted by molar-refractivity contribution is 6.31. The molecule has 8 heteroatoms. The van der Waals surface area contributed by atoms with Crippen molar-refractivity contribution in [1.29, 1.82) is 0 Å². The number of hydrogen-bond acceptors (Lipinski definition) is 4. The zero-order valence-electron chi connectivity index (χ0n) is 19.6. The van der Waals surface area contributed by atoms with Crippen molar-refractivity contribution < 1.29 is 9.59 Å². The van der Waals surface area contributed by atoms with Crippen LogP contribution in [0.1, 0.15) is 54.3 Å². The van der Waals surface area contributed by atoms with Crippen molar-refractivity contribution in [3.8, 4) is 11.3 Å². The highest BCUT2D eigenvalue weighted by atomic mass is 35.5. The minimum absolute atomic E-state index is 0.0552. The lowest BCUT2D eigenvalue weighted by molar-refractivity contribution is -0.114. The summed E-state index contributed by atoms with van der Waals surface area (Å²) >= 11 is 6.15. The van der Waals surface area contributed by atoms with E-state index >= 15 is 0 Å². The molecule has 0 saturated heterocycles. The molecule has 1 aliphatic heterocycles. The van der Waals surface area contributed by atoms with E-state index in [1.165, 1.54) is 6.92 Å². The lowest BCUT2D eigenvalue weighted by atomic mass is 10.1. The maximum absolute atomic E-state index is 13.5. The van der Waals surface area contributed by atoms with Crippen LogP contribution in [0.4, 0.5) is 5.69 Å². The number of carbonyl (C=O) groups is 2. The van der Waals surface area contributed by atoms with E-state index in [0.717, 1.165) is 29.5 Å². The first-order valence-corrected chi connectivity index (χ1v) is 11.7. The Hall–Kier alpha value is -3.45. The van der Waals surface area contributed by atoms with Gasteiger partial charge in [0.2, 0.25) is 5.91 Å². The molecule has 0 saturated carbocycles. The van der Waals surface area contributed by atoms with Crippen LogP contribution in [0.3, 0.4) is 0 Å². The second kappa shape index (κ2) is 10.2. The highest BCUT2D eigenvalue weighted by Crippen LogP contribution is 2.34. The highest BCUT2D eigenvalue weighted by Gasteiger charge is 2.33. The number of nitrogens with one attached hydrogen (secondary N) is 1. The van der Waals surface area contributed by atoms with E-state index in [2.05, 4.69) is 17.2 Å². The van der Waals surface area contributed by atoms with Crippen LogP contribution in [-0.2, 0) is 11.3 Å². The van der Waals surface area contributed by atoms with Gasteiger partial charge >= 0.3 is 0 Å². The van der Waals surface area contributed by atoms with Gasteiger partial charge in [-0.1, -0.05) is 49.2 Å². The van der Waals surface area contributed by atoms with Crippen LogP contribution < -0.4 is 5.32 Å². The molecule has 0 spiro atoms. The van der Waals surface area contributed by atoms with Gasteiger partial charge in [0.15, 0.2) is 0 Å². The topological polar surface area (TPSA) is 79.6 Å². The van der Waals surface area contributed by atoms with Crippen molar-refractivity contribution in [3.63, 3.8) is 0 Å². The quantitative estimate of drug-likeness (QED) is 0.474. The fourth-order valence-corrected chi connectivity index (χ4v) is 4.51. The first-order valence-electron chi connectivity index (χ1n) is 11.4. The van der Waals surface area contributed by atoms with Gasteiger partial charge in [-0.05, 0) is 41.8 Å². The molecule has 34 heavy (non-hydrogen) atoms. The van der Waals surface area contributed by atoms with Crippen LogP contribution in [0, 0.1) is 0 Å². The molecule has 0 fully saturated rings. The summed E-state index contributed by atoms with van der Waals surface area (Å²) in [6.45, 7) is 4.70. The first-order chi connectivity index (χ1) is 16.4. The Morgan fingerprint density at radius 3 is 2.68 bits per heavy atom. The number of anilines is 1. The fraction of sp³-hybridized carbons (Fsp3) is 0.308. The van der Waals surface area contributed by atoms with Crippen LogP contribution in [0.5, 0.6) is 0 Å². The molecule has 2 amide bonds. The zero-order chi connectivity index (χ0) is 24.2. The maximum atomic E-state index is 13.5. The SMILES string of the molecule is CCCC1CN(Cc2ccc(/C=N/C)cc2)C(=O)c2cc(-c3ccc(Cl)cc3NC(C)=O)nn21. The van der Waals surface area contributed by atoms with Crippen LogP contribution in [0.2, 0.25) is 5.02 Å². The normalized spacial score (nSPS) is 15.6. The molecule has 0 radical (unpaired) electrons. The van der Waals surface area contributed by atoms with Gasteiger partial charge in [-0.15, -0.1) is 0 Å². The first kappa shape index (κ1) is 23.7. The Bertz CT molecular complexity index is 1230. The number of nitrogens with zero attached hydrogens (tertiary/aromatic N) is 4. The second-order valence-corrected chi connectivity index (χ2v) is 8.92. The number of halogens is 1. The predicted octanol–water partition coefficient (Wildman–Crippen LogP) is 5.21. The fourth-order valence-electron chi connectivity index (χ4n) is 4.34. The summed E-state index contributed by atoms with van der Waals surface area (Å²) in [6.07, 6.45) is 3.69. The minimum Gasteiger partial charge on any atom is -0.331 e. The number of carbonyl (C=O) groups excluding carboxylic acids is 2.